The number of para-hydroxylation sites is 1. The van der Waals surface area contributed by atoms with Crippen LogP contribution >= 0.6 is 23.5 Å². The maximum atomic E-state index is 12.9. The van der Waals surface area contributed by atoms with Crippen molar-refractivity contribution in [2.45, 2.75) is 11.4 Å². The van der Waals surface area contributed by atoms with Crippen molar-refractivity contribution in [2.75, 3.05) is 23.8 Å². The highest BCUT2D eigenvalue weighted by Crippen LogP contribution is 2.49. The third-order valence-electron chi connectivity index (χ3n) is 5.46. The van der Waals surface area contributed by atoms with E-state index < -0.39 is 5.97 Å². The predicted molar refractivity (Wildman–Crippen MR) is 147 cm³/mol. The number of amidine groups is 1. The number of hydrogen-bond acceptors (Lipinski definition) is 8. The molecule has 3 aromatic rings. The van der Waals surface area contributed by atoms with Crippen LogP contribution in [0.1, 0.15) is 11.1 Å². The lowest BCUT2D eigenvalue weighted by Crippen LogP contribution is -2.28. The lowest BCUT2D eigenvalue weighted by Gasteiger charge is -2.16. The fourth-order valence-corrected chi connectivity index (χ4v) is 5.80. The van der Waals surface area contributed by atoms with Crippen LogP contribution in [0, 0.1) is 16.7 Å². The molecule has 0 unspecified atom stereocenters. The van der Waals surface area contributed by atoms with Crippen LogP contribution in [0.2, 0.25) is 0 Å². The van der Waals surface area contributed by atoms with Gasteiger partial charge in [0, 0.05) is 17.6 Å². The van der Waals surface area contributed by atoms with Crippen molar-refractivity contribution in [1.29, 1.82) is 10.7 Å². The van der Waals surface area contributed by atoms with Crippen LogP contribution in [0.5, 0.6) is 0 Å². The van der Waals surface area contributed by atoms with Crippen LogP contribution in [0.25, 0.3) is 0 Å². The molecule has 2 aliphatic rings. The highest BCUT2D eigenvalue weighted by molar-refractivity contribution is 8.19. The number of fused-ring (bicyclic) bond motifs is 1. The number of anilines is 2. The number of hydrogen-bond donors (Lipinski definition) is 3. The number of carboxylic acid groups (broad SMARTS) is 1. The van der Waals surface area contributed by atoms with Crippen LogP contribution in [0.3, 0.4) is 0 Å². The lowest BCUT2D eigenvalue weighted by atomic mass is 10.2. The first-order valence-electron chi connectivity index (χ1n) is 11.2. The molecule has 0 aromatic heterocycles. The van der Waals surface area contributed by atoms with Crippen molar-refractivity contribution in [1.82, 2.24) is 4.90 Å². The van der Waals surface area contributed by atoms with Gasteiger partial charge in [0.1, 0.15) is 11.4 Å². The number of carboxylic acids is 1. The first kappa shape index (κ1) is 25.9. The largest absolute Gasteiger partial charge is 0.480 e. The first-order chi connectivity index (χ1) is 17.9. The van der Waals surface area contributed by atoms with Crippen LogP contribution < -0.4 is 10.2 Å². The van der Waals surface area contributed by atoms with E-state index in [2.05, 4.69) is 11.4 Å². The summed E-state index contributed by atoms with van der Waals surface area (Å²) in [5.74, 6) is -1.000. The van der Waals surface area contributed by atoms with Crippen molar-refractivity contribution >= 4 is 51.9 Å². The van der Waals surface area contributed by atoms with Crippen LogP contribution in [-0.2, 0) is 16.1 Å². The van der Waals surface area contributed by atoms with Crippen molar-refractivity contribution in [3.05, 3.63) is 99.9 Å². The minimum Gasteiger partial charge on any atom is -0.480 e. The zero-order valence-electron chi connectivity index (χ0n) is 19.8. The molecule has 0 saturated carbocycles. The maximum Gasteiger partial charge on any atom is 0.322 e. The molecule has 0 aliphatic carbocycles. The number of rotatable bonds is 5. The molecular weight excluding hydrogens is 506 g/mol. The van der Waals surface area contributed by atoms with E-state index in [0.717, 1.165) is 21.2 Å². The normalized spacial score (nSPS) is 16.1. The Morgan fingerprint density at radius 2 is 1.70 bits per heavy atom. The third-order valence-corrected chi connectivity index (χ3v) is 7.81. The molecule has 3 aromatic carbocycles. The summed E-state index contributed by atoms with van der Waals surface area (Å²) in [6.07, 6.45) is 0. The van der Waals surface area contributed by atoms with Crippen LogP contribution in [-0.4, -0.2) is 40.6 Å². The zero-order valence-corrected chi connectivity index (χ0v) is 21.5. The van der Waals surface area contributed by atoms with Gasteiger partial charge in [-0.15, -0.1) is 0 Å². The Morgan fingerprint density at radius 3 is 2.35 bits per heavy atom. The number of carbonyl (C=O) groups is 2. The van der Waals surface area contributed by atoms with Gasteiger partial charge >= 0.3 is 5.97 Å². The van der Waals surface area contributed by atoms with Crippen LogP contribution in [0.4, 0.5) is 11.4 Å². The average Bonchev–Trinajstić information content (AvgIpc) is 3.39. The molecule has 1 amide bonds. The van der Waals surface area contributed by atoms with Crippen molar-refractivity contribution < 1.29 is 14.7 Å². The molecule has 2 heterocycles. The number of nitrogens with zero attached hydrogens (tertiary/aromatic N) is 3. The van der Waals surface area contributed by atoms with Gasteiger partial charge in [-0.05, 0) is 53.7 Å². The van der Waals surface area contributed by atoms with E-state index in [1.165, 1.54) is 11.8 Å². The molecule has 3 N–H and O–H groups in total. The second-order valence-electron chi connectivity index (χ2n) is 7.98. The number of nitriles is 1. The van der Waals surface area contributed by atoms with Gasteiger partial charge in [-0.2, -0.15) is 5.26 Å². The standard InChI is InChI=1S/C18H15N3OS2.C9H8N2O2/c1-20-13-9-5-6-10-14(13)23-17(20)15-16(22)21(18(19)24-15)11-12-7-3-2-4-8-12;10-5-7-1-3-8(4-2-7)11-6-9(12)13/h2-10,19H,11H2,1H3;1-4,11H,6H2,(H,12,13)/b17-15-,19-18?;. The summed E-state index contributed by atoms with van der Waals surface area (Å²) in [4.78, 5) is 28.4. The van der Waals surface area contributed by atoms with Crippen LogP contribution in [0.15, 0.2) is 93.7 Å². The lowest BCUT2D eigenvalue weighted by molar-refractivity contribution is -0.135. The Kier molecular flexibility index (Phi) is 8.18. The Bertz CT molecular complexity index is 1400. The molecule has 5 rings (SSSR count). The van der Waals surface area contributed by atoms with E-state index >= 15 is 0 Å². The highest BCUT2D eigenvalue weighted by Gasteiger charge is 2.38. The van der Waals surface area contributed by atoms with Gasteiger partial charge in [-0.25, -0.2) is 0 Å². The Morgan fingerprint density at radius 1 is 1.03 bits per heavy atom. The van der Waals surface area contributed by atoms with Gasteiger partial charge in [0.15, 0.2) is 5.17 Å². The fraction of sp³-hybridized carbons (Fsp3) is 0.111. The minimum atomic E-state index is -0.913. The van der Waals surface area contributed by atoms with E-state index in [-0.39, 0.29) is 17.6 Å². The van der Waals surface area contributed by atoms with Crippen molar-refractivity contribution in [3.63, 3.8) is 0 Å². The molecule has 1 fully saturated rings. The van der Waals surface area contributed by atoms with Crippen molar-refractivity contribution in [3.8, 4) is 6.07 Å². The summed E-state index contributed by atoms with van der Waals surface area (Å²) < 4.78 is 0. The van der Waals surface area contributed by atoms with E-state index in [1.807, 2.05) is 66.5 Å². The summed E-state index contributed by atoms with van der Waals surface area (Å²) in [5, 5.41) is 28.9. The molecule has 2 aliphatic heterocycles. The SMILES string of the molecule is CN1/C(=C2/SC(=N)N(Cc3ccccc3)C2=O)Sc2ccccc21.N#Cc1ccc(NCC(=O)O)cc1. The van der Waals surface area contributed by atoms with Gasteiger partial charge < -0.3 is 15.3 Å². The molecule has 0 radical (unpaired) electrons. The van der Waals surface area contributed by atoms with E-state index in [9.17, 15) is 9.59 Å². The van der Waals surface area contributed by atoms with E-state index in [1.54, 1.807) is 40.9 Å². The summed E-state index contributed by atoms with van der Waals surface area (Å²) in [6, 6.07) is 26.5. The van der Waals surface area contributed by atoms with Gasteiger partial charge in [0.25, 0.3) is 5.91 Å². The van der Waals surface area contributed by atoms with Gasteiger partial charge in [-0.3, -0.25) is 19.9 Å². The number of amides is 1. The molecule has 186 valence electrons. The van der Waals surface area contributed by atoms with Gasteiger partial charge in [0.2, 0.25) is 0 Å². The van der Waals surface area contributed by atoms with Gasteiger partial charge in [-0.1, -0.05) is 54.2 Å². The number of carbonyl (C=O) groups excluding carboxylic acids is 1. The van der Waals surface area contributed by atoms with Crippen molar-refractivity contribution in [2.24, 2.45) is 0 Å². The Hall–Kier alpha value is -4.20. The van der Waals surface area contributed by atoms with E-state index in [0.29, 0.717) is 22.7 Å². The number of aliphatic carboxylic acids is 1. The summed E-state index contributed by atoms with van der Waals surface area (Å²) in [7, 11) is 1.97. The smallest absolute Gasteiger partial charge is 0.322 e. The maximum absolute atomic E-state index is 12.9. The molecule has 0 spiro atoms. The topological polar surface area (TPSA) is 121 Å². The summed E-state index contributed by atoms with van der Waals surface area (Å²) in [6.45, 7) is 0.315. The quantitative estimate of drug-likeness (QED) is 0.388. The minimum absolute atomic E-state index is 0.0870. The molecule has 37 heavy (non-hydrogen) atoms. The number of thioether (sulfide) groups is 2. The monoisotopic (exact) mass is 529 g/mol. The molecular formula is C27H23N5O3S2. The Labute approximate surface area is 223 Å². The van der Waals surface area contributed by atoms with Gasteiger partial charge in [0.05, 0.1) is 28.9 Å². The zero-order chi connectivity index (χ0) is 26.4. The molecule has 0 atom stereocenters. The summed E-state index contributed by atoms with van der Waals surface area (Å²) >= 11 is 2.85. The predicted octanol–water partition coefficient (Wildman–Crippen LogP) is 5.16. The van der Waals surface area contributed by atoms with E-state index in [4.69, 9.17) is 15.8 Å². The second kappa shape index (κ2) is 11.7. The molecule has 0 bridgehead atoms. The Balaban J connectivity index is 0.000000209. The third kappa shape index (κ3) is 6.14. The fourth-order valence-electron chi connectivity index (χ4n) is 3.60. The first-order valence-corrected chi connectivity index (χ1v) is 12.8. The number of benzene rings is 3. The highest BCUT2D eigenvalue weighted by atomic mass is 32.2. The molecule has 8 nitrogen and oxygen atoms in total. The average molecular weight is 530 g/mol. The second-order valence-corrected chi connectivity index (χ2v) is 10.0. The number of nitrogens with one attached hydrogen (secondary N) is 2. The summed E-state index contributed by atoms with van der Waals surface area (Å²) in [5.41, 5.74) is 3.38. The molecule has 1 saturated heterocycles. The molecule has 10 heteroatoms.